The summed E-state index contributed by atoms with van der Waals surface area (Å²) in [6, 6.07) is 2.27. The van der Waals surface area contributed by atoms with Crippen molar-refractivity contribution in [3.05, 3.63) is 35.8 Å². The van der Waals surface area contributed by atoms with E-state index >= 15 is 0 Å². The van der Waals surface area contributed by atoms with Gasteiger partial charge in [-0.25, -0.2) is 8.78 Å². The van der Waals surface area contributed by atoms with Crippen molar-refractivity contribution in [2.75, 3.05) is 0 Å². The number of aryl methyl sites for hydroxylation is 1. The first-order valence-corrected chi connectivity index (χ1v) is 3.51. The van der Waals surface area contributed by atoms with Gasteiger partial charge < -0.3 is 4.42 Å². The van der Waals surface area contributed by atoms with Gasteiger partial charge >= 0.3 is 0 Å². The van der Waals surface area contributed by atoms with Gasteiger partial charge in [0.1, 0.15) is 5.76 Å². The van der Waals surface area contributed by atoms with Gasteiger partial charge in [-0.15, -0.1) is 0 Å². The number of rotatable bonds is 0. The van der Waals surface area contributed by atoms with Crippen molar-refractivity contribution in [1.29, 1.82) is 0 Å². The van der Waals surface area contributed by atoms with Gasteiger partial charge in [-0.05, 0) is 19.1 Å². The monoisotopic (exact) mass is 168 g/mol. The topological polar surface area (TPSA) is 13.1 Å². The van der Waals surface area contributed by atoms with Gasteiger partial charge in [-0.1, -0.05) is 0 Å². The summed E-state index contributed by atoms with van der Waals surface area (Å²) in [6.45, 7) is 1.71. The molecule has 0 atom stereocenters. The fourth-order valence-corrected chi connectivity index (χ4v) is 1.18. The Morgan fingerprint density at radius 3 is 2.58 bits per heavy atom. The van der Waals surface area contributed by atoms with Crippen LogP contribution < -0.4 is 0 Å². The molecule has 3 heteroatoms. The Hall–Kier alpha value is -1.38. The average molecular weight is 168 g/mol. The molecule has 0 aliphatic heterocycles. The highest BCUT2D eigenvalue weighted by atomic mass is 19.2. The van der Waals surface area contributed by atoms with E-state index in [4.69, 9.17) is 4.42 Å². The molecule has 1 heterocycles. The Morgan fingerprint density at radius 1 is 1.17 bits per heavy atom. The molecule has 0 aliphatic carbocycles. The summed E-state index contributed by atoms with van der Waals surface area (Å²) in [6.07, 6.45) is 1.41. The Labute approximate surface area is 67.6 Å². The quantitative estimate of drug-likeness (QED) is 0.589. The summed E-state index contributed by atoms with van der Waals surface area (Å²) >= 11 is 0. The molecule has 1 nitrogen and oxygen atoms in total. The first kappa shape index (κ1) is 7.28. The van der Waals surface area contributed by atoms with E-state index in [1.54, 1.807) is 6.92 Å². The lowest BCUT2D eigenvalue weighted by atomic mass is 10.2. The second-order valence-electron chi connectivity index (χ2n) is 2.65. The zero-order valence-corrected chi connectivity index (χ0v) is 6.40. The molecular formula is C9H6F2O. The molecule has 0 spiro atoms. The highest BCUT2D eigenvalue weighted by molar-refractivity contribution is 5.83. The zero-order valence-electron chi connectivity index (χ0n) is 6.40. The maximum absolute atomic E-state index is 12.7. The summed E-state index contributed by atoms with van der Waals surface area (Å²) in [5.74, 6) is -1.08. The van der Waals surface area contributed by atoms with Crippen LogP contribution in [0, 0.1) is 18.6 Å². The van der Waals surface area contributed by atoms with Crippen molar-refractivity contribution in [2.45, 2.75) is 6.92 Å². The first-order chi connectivity index (χ1) is 5.68. The lowest BCUT2D eigenvalue weighted by molar-refractivity contribution is 0.511. The summed E-state index contributed by atoms with van der Waals surface area (Å²) in [5, 5.41) is 1.21. The molecule has 0 amide bonds. The van der Waals surface area contributed by atoms with Crippen LogP contribution in [-0.2, 0) is 0 Å². The smallest absolute Gasteiger partial charge is 0.159 e. The fourth-order valence-electron chi connectivity index (χ4n) is 1.18. The van der Waals surface area contributed by atoms with Gasteiger partial charge in [0.05, 0.1) is 6.26 Å². The van der Waals surface area contributed by atoms with Crippen LogP contribution in [0.2, 0.25) is 0 Å². The van der Waals surface area contributed by atoms with E-state index in [0.29, 0.717) is 16.5 Å². The van der Waals surface area contributed by atoms with Crippen molar-refractivity contribution in [2.24, 2.45) is 0 Å². The Morgan fingerprint density at radius 2 is 1.83 bits per heavy atom. The summed E-state index contributed by atoms with van der Waals surface area (Å²) < 4.78 is 30.3. The molecule has 2 aromatic rings. The van der Waals surface area contributed by atoms with Crippen LogP contribution in [0.1, 0.15) is 5.76 Å². The van der Waals surface area contributed by atoms with E-state index in [-0.39, 0.29) is 0 Å². The van der Waals surface area contributed by atoms with Crippen molar-refractivity contribution in [3.63, 3.8) is 0 Å². The molecule has 0 aliphatic rings. The number of furan rings is 1. The molecule has 0 bridgehead atoms. The minimum atomic E-state index is -0.844. The lowest BCUT2D eigenvalue weighted by Gasteiger charge is -1.92. The molecule has 0 unspecified atom stereocenters. The molecule has 1 aromatic heterocycles. The van der Waals surface area contributed by atoms with E-state index in [1.165, 1.54) is 6.26 Å². The second kappa shape index (κ2) is 2.30. The predicted molar refractivity (Wildman–Crippen MR) is 40.9 cm³/mol. The highest BCUT2D eigenvalue weighted by Crippen LogP contribution is 2.22. The predicted octanol–water partition coefficient (Wildman–Crippen LogP) is 3.02. The first-order valence-electron chi connectivity index (χ1n) is 3.51. The minimum Gasteiger partial charge on any atom is -0.468 e. The molecule has 0 N–H and O–H groups in total. The summed E-state index contributed by atoms with van der Waals surface area (Å²) in [5.41, 5.74) is 0. The summed E-state index contributed by atoms with van der Waals surface area (Å²) in [7, 11) is 0. The van der Waals surface area contributed by atoms with E-state index in [9.17, 15) is 8.78 Å². The SMILES string of the molecule is Cc1occ2cc(F)c(F)cc12. The fraction of sp³-hybridized carbons (Fsp3) is 0.111. The van der Waals surface area contributed by atoms with Gasteiger partial charge in [0.25, 0.3) is 0 Å². The number of hydrogen-bond acceptors (Lipinski definition) is 1. The number of benzene rings is 1. The van der Waals surface area contributed by atoms with Crippen LogP contribution in [0.25, 0.3) is 10.8 Å². The van der Waals surface area contributed by atoms with E-state index in [2.05, 4.69) is 0 Å². The molecule has 2 rings (SSSR count). The third kappa shape index (κ3) is 0.897. The Bertz CT molecular complexity index is 431. The highest BCUT2D eigenvalue weighted by Gasteiger charge is 2.07. The maximum atomic E-state index is 12.7. The third-order valence-corrected chi connectivity index (χ3v) is 1.83. The maximum Gasteiger partial charge on any atom is 0.159 e. The lowest BCUT2D eigenvalue weighted by Crippen LogP contribution is -1.81. The van der Waals surface area contributed by atoms with Crippen molar-refractivity contribution < 1.29 is 13.2 Å². The third-order valence-electron chi connectivity index (χ3n) is 1.83. The largest absolute Gasteiger partial charge is 0.468 e. The van der Waals surface area contributed by atoms with Crippen LogP contribution in [0.5, 0.6) is 0 Å². The molecule has 0 saturated carbocycles. The van der Waals surface area contributed by atoms with Crippen LogP contribution in [-0.4, -0.2) is 0 Å². The Kier molecular flexibility index (Phi) is 1.40. The van der Waals surface area contributed by atoms with E-state index in [0.717, 1.165) is 12.1 Å². The van der Waals surface area contributed by atoms with Crippen LogP contribution in [0.15, 0.2) is 22.8 Å². The summed E-state index contributed by atoms with van der Waals surface area (Å²) in [4.78, 5) is 0. The van der Waals surface area contributed by atoms with E-state index < -0.39 is 11.6 Å². The number of hydrogen-bond donors (Lipinski definition) is 0. The van der Waals surface area contributed by atoms with Gasteiger partial charge in [0.2, 0.25) is 0 Å². The zero-order chi connectivity index (χ0) is 8.72. The van der Waals surface area contributed by atoms with Crippen molar-refractivity contribution in [3.8, 4) is 0 Å². The number of halogens is 2. The average Bonchev–Trinajstić information content (AvgIpc) is 2.35. The van der Waals surface area contributed by atoms with Crippen LogP contribution in [0.4, 0.5) is 8.78 Å². The molecular weight excluding hydrogens is 162 g/mol. The van der Waals surface area contributed by atoms with Crippen molar-refractivity contribution >= 4 is 10.8 Å². The second-order valence-corrected chi connectivity index (χ2v) is 2.65. The molecule has 62 valence electrons. The standard InChI is InChI=1S/C9H6F2O/c1-5-7-3-9(11)8(10)2-6(7)4-12-5/h2-4H,1H3. The Balaban J connectivity index is 2.87. The molecule has 0 fully saturated rings. The van der Waals surface area contributed by atoms with Gasteiger partial charge in [-0.2, -0.15) is 0 Å². The van der Waals surface area contributed by atoms with Crippen LogP contribution >= 0.6 is 0 Å². The molecule has 1 aromatic carbocycles. The normalized spacial score (nSPS) is 10.9. The van der Waals surface area contributed by atoms with Gasteiger partial charge in [0, 0.05) is 10.8 Å². The van der Waals surface area contributed by atoms with E-state index in [1.807, 2.05) is 0 Å². The van der Waals surface area contributed by atoms with Gasteiger partial charge in [-0.3, -0.25) is 0 Å². The van der Waals surface area contributed by atoms with Crippen LogP contribution in [0.3, 0.4) is 0 Å². The molecule has 0 saturated heterocycles. The van der Waals surface area contributed by atoms with Gasteiger partial charge in [0.15, 0.2) is 11.6 Å². The number of fused-ring (bicyclic) bond motifs is 1. The van der Waals surface area contributed by atoms with Crippen molar-refractivity contribution in [1.82, 2.24) is 0 Å². The molecule has 12 heavy (non-hydrogen) atoms. The minimum absolute atomic E-state index is 0.589. The molecule has 0 radical (unpaired) electrons.